The summed E-state index contributed by atoms with van der Waals surface area (Å²) in [6.45, 7) is 6.30. The second-order valence-corrected chi connectivity index (χ2v) is 6.12. The molecule has 0 bridgehead atoms. The maximum absolute atomic E-state index is 12.1. The molecule has 0 aliphatic heterocycles. The van der Waals surface area contributed by atoms with Crippen molar-refractivity contribution in [1.29, 1.82) is 0 Å². The molecule has 0 aliphatic rings. The molecule has 0 atom stereocenters. The lowest BCUT2D eigenvalue weighted by molar-refractivity contribution is -0.115. The first kappa shape index (κ1) is 15.6. The summed E-state index contributed by atoms with van der Waals surface area (Å²) in [5, 5.41) is 12.7. The number of benzene rings is 1. The summed E-state index contributed by atoms with van der Waals surface area (Å²) in [7, 11) is 0. The molecule has 1 aromatic heterocycles. The molecule has 1 aromatic carbocycles. The molecular weight excluding hydrogens is 282 g/mol. The van der Waals surface area contributed by atoms with Crippen LogP contribution in [0.2, 0.25) is 0 Å². The highest BCUT2D eigenvalue weighted by atomic mass is 32.1. The Bertz CT molecular complexity index is 605. The van der Waals surface area contributed by atoms with E-state index in [0.29, 0.717) is 17.5 Å². The molecule has 1 amide bonds. The summed E-state index contributed by atoms with van der Waals surface area (Å²) >= 11 is 1.48. The van der Waals surface area contributed by atoms with Crippen LogP contribution in [0.25, 0.3) is 0 Å². The molecule has 0 fully saturated rings. The third-order valence-corrected chi connectivity index (χ3v) is 4.64. The van der Waals surface area contributed by atoms with Gasteiger partial charge in [0.1, 0.15) is 5.01 Å². The predicted octanol–water partition coefficient (Wildman–Crippen LogP) is 3.93. The van der Waals surface area contributed by atoms with Crippen LogP contribution in [-0.4, -0.2) is 16.1 Å². The second-order valence-electron chi connectivity index (χ2n) is 5.11. The van der Waals surface area contributed by atoms with Gasteiger partial charge in [0.2, 0.25) is 11.0 Å². The van der Waals surface area contributed by atoms with Crippen molar-refractivity contribution in [2.45, 2.75) is 46.0 Å². The number of carbonyl (C=O) groups excluding carboxylic acids is 1. The first-order valence-electron chi connectivity index (χ1n) is 7.31. The number of hydrogen-bond donors (Lipinski definition) is 1. The zero-order valence-electron chi connectivity index (χ0n) is 12.7. The average molecular weight is 303 g/mol. The van der Waals surface area contributed by atoms with Gasteiger partial charge in [0.15, 0.2) is 0 Å². The van der Waals surface area contributed by atoms with Gasteiger partial charge in [0.25, 0.3) is 0 Å². The summed E-state index contributed by atoms with van der Waals surface area (Å²) in [6.07, 6.45) is 2.46. The molecule has 0 saturated carbocycles. The van der Waals surface area contributed by atoms with Gasteiger partial charge >= 0.3 is 0 Å². The van der Waals surface area contributed by atoms with Gasteiger partial charge in [0.05, 0.1) is 6.42 Å². The van der Waals surface area contributed by atoms with E-state index in [1.54, 1.807) is 0 Å². The van der Waals surface area contributed by atoms with E-state index in [1.807, 2.05) is 31.2 Å². The van der Waals surface area contributed by atoms with Gasteiger partial charge in [-0.1, -0.05) is 49.4 Å². The third kappa shape index (κ3) is 4.11. The molecule has 112 valence electrons. The summed E-state index contributed by atoms with van der Waals surface area (Å²) in [6, 6.07) is 7.92. The van der Waals surface area contributed by atoms with E-state index in [4.69, 9.17) is 0 Å². The SMILES string of the molecule is CCC(CC)c1nnc(NC(=O)Cc2ccccc2C)s1. The van der Waals surface area contributed by atoms with Gasteiger partial charge in [-0.15, -0.1) is 10.2 Å². The normalized spacial score (nSPS) is 10.9. The topological polar surface area (TPSA) is 54.9 Å². The Hall–Kier alpha value is -1.75. The fraction of sp³-hybridized carbons (Fsp3) is 0.438. The van der Waals surface area contributed by atoms with E-state index < -0.39 is 0 Å². The Labute approximate surface area is 129 Å². The number of aromatic nitrogens is 2. The van der Waals surface area contributed by atoms with Gasteiger partial charge < -0.3 is 5.32 Å². The minimum atomic E-state index is -0.0449. The van der Waals surface area contributed by atoms with E-state index in [9.17, 15) is 4.79 Å². The van der Waals surface area contributed by atoms with Gasteiger partial charge in [-0.2, -0.15) is 0 Å². The standard InChI is InChI=1S/C16H21N3OS/c1-4-12(5-2)15-18-19-16(21-15)17-14(20)10-13-9-7-6-8-11(13)3/h6-9,12H,4-5,10H2,1-3H3,(H,17,19,20). The lowest BCUT2D eigenvalue weighted by Crippen LogP contribution is -2.14. The van der Waals surface area contributed by atoms with Crippen LogP contribution in [0.5, 0.6) is 0 Å². The predicted molar refractivity (Wildman–Crippen MR) is 86.7 cm³/mol. The molecular formula is C16H21N3OS. The maximum atomic E-state index is 12.1. The molecule has 1 N–H and O–H groups in total. The Morgan fingerprint density at radius 2 is 1.95 bits per heavy atom. The first-order valence-corrected chi connectivity index (χ1v) is 8.13. The highest BCUT2D eigenvalue weighted by Crippen LogP contribution is 2.28. The lowest BCUT2D eigenvalue weighted by Gasteiger charge is -2.06. The van der Waals surface area contributed by atoms with Crippen molar-refractivity contribution in [3.8, 4) is 0 Å². The van der Waals surface area contributed by atoms with E-state index >= 15 is 0 Å². The monoisotopic (exact) mass is 303 g/mol. The van der Waals surface area contributed by atoms with Crippen molar-refractivity contribution in [2.75, 3.05) is 5.32 Å². The van der Waals surface area contributed by atoms with Crippen molar-refractivity contribution >= 4 is 22.4 Å². The molecule has 21 heavy (non-hydrogen) atoms. The van der Waals surface area contributed by atoms with Crippen LogP contribution >= 0.6 is 11.3 Å². The van der Waals surface area contributed by atoms with Crippen molar-refractivity contribution in [2.24, 2.45) is 0 Å². The van der Waals surface area contributed by atoms with Crippen LogP contribution in [0, 0.1) is 6.92 Å². The number of nitrogens with one attached hydrogen (secondary N) is 1. The minimum Gasteiger partial charge on any atom is -0.300 e. The van der Waals surface area contributed by atoms with Crippen LogP contribution < -0.4 is 5.32 Å². The molecule has 5 heteroatoms. The van der Waals surface area contributed by atoms with E-state index in [-0.39, 0.29) is 5.91 Å². The number of aryl methyl sites for hydroxylation is 1. The van der Waals surface area contributed by atoms with E-state index in [1.165, 1.54) is 11.3 Å². The lowest BCUT2D eigenvalue weighted by atomic mass is 10.1. The van der Waals surface area contributed by atoms with E-state index in [0.717, 1.165) is 29.0 Å². The van der Waals surface area contributed by atoms with Crippen LogP contribution in [-0.2, 0) is 11.2 Å². The molecule has 1 heterocycles. The number of amides is 1. The quantitative estimate of drug-likeness (QED) is 0.879. The summed E-state index contributed by atoms with van der Waals surface area (Å²) < 4.78 is 0. The second kappa shape index (κ2) is 7.31. The summed E-state index contributed by atoms with van der Waals surface area (Å²) in [4.78, 5) is 12.1. The van der Waals surface area contributed by atoms with Crippen LogP contribution in [0.3, 0.4) is 0 Å². The number of carbonyl (C=O) groups is 1. The van der Waals surface area contributed by atoms with Crippen molar-refractivity contribution in [1.82, 2.24) is 10.2 Å². The molecule has 0 unspecified atom stereocenters. The van der Waals surface area contributed by atoms with Gasteiger partial charge in [-0.25, -0.2) is 0 Å². The van der Waals surface area contributed by atoms with E-state index in [2.05, 4.69) is 29.4 Å². The van der Waals surface area contributed by atoms with Crippen LogP contribution in [0.4, 0.5) is 5.13 Å². The molecule has 2 rings (SSSR count). The molecule has 0 saturated heterocycles. The smallest absolute Gasteiger partial charge is 0.230 e. The number of hydrogen-bond acceptors (Lipinski definition) is 4. The fourth-order valence-electron chi connectivity index (χ4n) is 2.23. The average Bonchev–Trinajstić information content (AvgIpc) is 2.91. The largest absolute Gasteiger partial charge is 0.300 e. The Balaban J connectivity index is 1.99. The number of rotatable bonds is 6. The van der Waals surface area contributed by atoms with Crippen LogP contribution in [0.1, 0.15) is 48.7 Å². The highest BCUT2D eigenvalue weighted by molar-refractivity contribution is 7.15. The Morgan fingerprint density at radius 3 is 2.62 bits per heavy atom. The van der Waals surface area contributed by atoms with Gasteiger partial charge in [-0.3, -0.25) is 4.79 Å². The minimum absolute atomic E-state index is 0.0449. The van der Waals surface area contributed by atoms with Crippen molar-refractivity contribution in [3.63, 3.8) is 0 Å². The zero-order chi connectivity index (χ0) is 15.2. The number of nitrogens with zero attached hydrogens (tertiary/aromatic N) is 2. The summed E-state index contributed by atoms with van der Waals surface area (Å²) in [5.74, 6) is 0.390. The Morgan fingerprint density at radius 1 is 1.24 bits per heavy atom. The highest BCUT2D eigenvalue weighted by Gasteiger charge is 2.14. The van der Waals surface area contributed by atoms with Crippen molar-refractivity contribution in [3.05, 3.63) is 40.4 Å². The molecule has 0 aliphatic carbocycles. The Kier molecular flexibility index (Phi) is 5.44. The van der Waals surface area contributed by atoms with Crippen molar-refractivity contribution < 1.29 is 4.79 Å². The maximum Gasteiger partial charge on any atom is 0.230 e. The van der Waals surface area contributed by atoms with Crippen LogP contribution in [0.15, 0.2) is 24.3 Å². The molecule has 0 radical (unpaired) electrons. The van der Waals surface area contributed by atoms with Gasteiger partial charge in [0, 0.05) is 5.92 Å². The third-order valence-electron chi connectivity index (χ3n) is 3.63. The fourth-order valence-corrected chi connectivity index (χ4v) is 3.26. The molecule has 2 aromatic rings. The molecule has 0 spiro atoms. The number of anilines is 1. The summed E-state index contributed by atoms with van der Waals surface area (Å²) in [5.41, 5.74) is 2.17. The first-order chi connectivity index (χ1) is 10.1. The molecule has 4 nitrogen and oxygen atoms in total. The van der Waals surface area contributed by atoms with Gasteiger partial charge in [-0.05, 0) is 30.9 Å². The zero-order valence-corrected chi connectivity index (χ0v) is 13.5.